The van der Waals surface area contributed by atoms with Crippen molar-refractivity contribution in [2.75, 3.05) is 18.5 Å². The molecule has 11 N–H and O–H groups in total. The number of aliphatic hydroxyl groups excluding tert-OH is 3. The van der Waals surface area contributed by atoms with Gasteiger partial charge in [0.2, 0.25) is 6.29 Å². The van der Waals surface area contributed by atoms with Crippen LogP contribution in [0.2, 0.25) is 0 Å². The maximum Gasteiger partial charge on any atom is 0.469 e. The number of nitrogens with one attached hydrogen (secondary N) is 1. The molecule has 0 saturated heterocycles. The molecule has 1 aromatic carbocycles. The summed E-state index contributed by atoms with van der Waals surface area (Å²) < 4.78 is 22.5. The molecule has 0 fully saturated rings. The number of aliphatic carboxylic acids is 1. The van der Waals surface area contributed by atoms with Crippen LogP contribution in [0.5, 0.6) is 0 Å². The Labute approximate surface area is 192 Å². The molecule has 0 aliphatic heterocycles. The molecule has 0 saturated carbocycles. The van der Waals surface area contributed by atoms with E-state index in [0.29, 0.717) is 0 Å². The molecule has 34 heavy (non-hydrogen) atoms. The molecule has 0 aliphatic carbocycles. The van der Waals surface area contributed by atoms with Crippen LogP contribution < -0.4 is 5.32 Å². The highest BCUT2D eigenvalue weighted by Crippen LogP contribution is 2.35. The van der Waals surface area contributed by atoms with E-state index in [0.717, 1.165) is 12.6 Å². The Morgan fingerprint density at radius 1 is 1.00 bits per heavy atom. The summed E-state index contributed by atoms with van der Waals surface area (Å²) in [5.41, 5.74) is 0.794. The fourth-order valence-corrected chi connectivity index (χ4v) is 1.42. The highest BCUT2D eigenvalue weighted by atomic mass is 31.2. The molecule has 17 nitrogen and oxygen atoms in total. The second kappa shape index (κ2) is 19.2. The number of phosphoric acid groups is 2. The number of carboxylic acids is 1. The minimum atomic E-state index is -4.64. The van der Waals surface area contributed by atoms with Gasteiger partial charge in [0.15, 0.2) is 18.2 Å². The van der Waals surface area contributed by atoms with Crippen LogP contribution in [0.25, 0.3) is 0 Å². The zero-order valence-corrected chi connectivity index (χ0v) is 19.2. The number of carbonyl (C=O) groups is 3. The predicted octanol–water partition coefficient (Wildman–Crippen LogP) is -2.84. The third-order valence-corrected chi connectivity index (χ3v) is 2.98. The molecule has 0 heterocycles. The van der Waals surface area contributed by atoms with Crippen molar-refractivity contribution in [3.05, 3.63) is 30.3 Å². The lowest BCUT2D eigenvalue weighted by Gasteiger charge is -2.08. The Morgan fingerprint density at radius 2 is 1.41 bits per heavy atom. The number of carboxylic acid groups (broad SMARTS) is 1. The lowest BCUT2D eigenvalue weighted by atomic mass is 10.3. The standard InChI is InChI=1S/C9H11NO3.C3H7O6P.C3H6O3.H3O4P/c11-8(9(12)13)6-10-7-4-2-1-3-5-7;4-1-3(5)2-9-10(6,7)8;1-2(4)3(5)6;1-5(2,3)4/h1-5,8,10-11H,6H2,(H,12,13);1,3,5H,2H2,(H2,6,7,8);3,5-6H,1H3;(H3,1,2,3,4). The van der Waals surface area contributed by atoms with Crippen molar-refractivity contribution in [1.29, 1.82) is 0 Å². The van der Waals surface area contributed by atoms with Crippen molar-refractivity contribution in [1.82, 2.24) is 0 Å². The van der Waals surface area contributed by atoms with Crippen LogP contribution in [0.1, 0.15) is 6.92 Å². The van der Waals surface area contributed by atoms with E-state index in [1.54, 1.807) is 12.1 Å². The number of anilines is 1. The quantitative estimate of drug-likeness (QED) is 0.0854. The molecule has 0 aliphatic rings. The largest absolute Gasteiger partial charge is 0.479 e. The Kier molecular flexibility index (Phi) is 20.6. The molecular weight excluding hydrogens is 512 g/mol. The van der Waals surface area contributed by atoms with Gasteiger partial charge in [-0.05, 0) is 19.1 Å². The van der Waals surface area contributed by atoms with E-state index in [1.807, 2.05) is 18.2 Å². The van der Waals surface area contributed by atoms with Gasteiger partial charge in [0, 0.05) is 5.69 Å². The normalized spacial score (nSPS) is 12.3. The highest BCUT2D eigenvalue weighted by Gasteiger charge is 2.15. The fourth-order valence-electron chi connectivity index (χ4n) is 1.07. The number of ketones is 1. The van der Waals surface area contributed by atoms with E-state index in [4.69, 9.17) is 54.6 Å². The predicted molar refractivity (Wildman–Crippen MR) is 112 cm³/mol. The zero-order chi connectivity index (χ0) is 27.5. The maximum absolute atomic E-state index is 10.2. The van der Waals surface area contributed by atoms with Crippen LogP contribution >= 0.6 is 15.6 Å². The lowest BCUT2D eigenvalue weighted by molar-refractivity contribution is -0.145. The molecule has 0 aromatic heterocycles. The Hall–Kier alpha value is -2.11. The van der Waals surface area contributed by atoms with Gasteiger partial charge in [-0.25, -0.2) is 13.9 Å². The van der Waals surface area contributed by atoms with Crippen molar-refractivity contribution in [2.45, 2.75) is 25.4 Å². The fraction of sp³-hybridized carbons (Fsp3) is 0.400. The number of benzene rings is 1. The summed E-state index contributed by atoms with van der Waals surface area (Å²) in [6, 6.07) is 9.12. The number of aldehydes is 1. The molecule has 198 valence electrons. The first-order chi connectivity index (χ1) is 15.3. The first-order valence-electron chi connectivity index (χ1n) is 8.48. The van der Waals surface area contributed by atoms with Crippen molar-refractivity contribution in [2.24, 2.45) is 0 Å². The smallest absolute Gasteiger partial charge is 0.469 e. The van der Waals surface area contributed by atoms with E-state index >= 15 is 0 Å². The van der Waals surface area contributed by atoms with Gasteiger partial charge in [-0.3, -0.25) is 9.32 Å². The van der Waals surface area contributed by atoms with Crippen LogP contribution in [0.4, 0.5) is 5.69 Å². The average Bonchev–Trinajstić information content (AvgIpc) is 2.70. The van der Waals surface area contributed by atoms with Crippen LogP contribution in [-0.4, -0.2) is 99.7 Å². The SMILES string of the molecule is CC(=O)C(O)O.O=C(O)C(O)CNc1ccccc1.O=CC(O)COP(=O)(O)O.O=P(O)(O)O. The summed E-state index contributed by atoms with van der Waals surface area (Å²) in [6.07, 6.45) is -4.51. The molecule has 1 rings (SSSR count). The van der Waals surface area contributed by atoms with Gasteiger partial charge in [0.25, 0.3) is 0 Å². The highest BCUT2D eigenvalue weighted by molar-refractivity contribution is 7.46. The number of rotatable bonds is 9. The Balaban J connectivity index is -0.000000406. The van der Waals surface area contributed by atoms with E-state index < -0.39 is 52.5 Å². The number of para-hydroxylation sites is 1. The van der Waals surface area contributed by atoms with Crippen LogP contribution in [0.15, 0.2) is 30.3 Å². The summed E-state index contributed by atoms with van der Waals surface area (Å²) >= 11 is 0. The van der Waals surface area contributed by atoms with Crippen molar-refractivity contribution >= 4 is 39.4 Å². The molecule has 0 spiro atoms. The second-order valence-corrected chi connectivity index (χ2v) is 7.85. The molecule has 0 amide bonds. The summed E-state index contributed by atoms with van der Waals surface area (Å²) in [4.78, 5) is 67.1. The van der Waals surface area contributed by atoms with Crippen LogP contribution in [-0.2, 0) is 28.0 Å². The van der Waals surface area contributed by atoms with Gasteiger partial charge in [-0.1, -0.05) is 18.2 Å². The summed E-state index contributed by atoms with van der Waals surface area (Å²) in [5, 5.41) is 44.1. The summed E-state index contributed by atoms with van der Waals surface area (Å²) in [5.74, 6) is -1.85. The summed E-state index contributed by atoms with van der Waals surface area (Å²) in [6.45, 7) is 0.428. The molecular formula is C15H27NO16P2. The van der Waals surface area contributed by atoms with E-state index in [-0.39, 0.29) is 12.8 Å². The van der Waals surface area contributed by atoms with Crippen molar-refractivity contribution in [3.63, 3.8) is 0 Å². The number of carbonyl (C=O) groups excluding carboxylic acids is 2. The monoisotopic (exact) mass is 539 g/mol. The minimum absolute atomic E-state index is 0.0132. The van der Waals surface area contributed by atoms with Gasteiger partial charge in [-0.2, -0.15) is 0 Å². The number of hydrogen-bond acceptors (Lipinski definition) is 11. The van der Waals surface area contributed by atoms with Gasteiger partial charge >= 0.3 is 21.6 Å². The molecule has 19 heteroatoms. The lowest BCUT2D eigenvalue weighted by Crippen LogP contribution is -2.28. The van der Waals surface area contributed by atoms with Crippen LogP contribution in [0, 0.1) is 0 Å². The van der Waals surface area contributed by atoms with Gasteiger partial charge in [0.05, 0.1) is 13.2 Å². The van der Waals surface area contributed by atoms with Crippen molar-refractivity contribution in [3.8, 4) is 0 Å². The first kappa shape index (κ1) is 36.5. The second-order valence-electron chi connectivity index (χ2n) is 5.59. The number of aliphatic hydroxyl groups is 4. The average molecular weight is 539 g/mol. The molecule has 1 aromatic rings. The third-order valence-electron chi connectivity index (χ3n) is 2.49. The third kappa shape index (κ3) is 34.5. The van der Waals surface area contributed by atoms with Crippen molar-refractivity contribution < 1.29 is 78.0 Å². The van der Waals surface area contributed by atoms with E-state index in [1.165, 1.54) is 0 Å². The number of phosphoric ester groups is 1. The zero-order valence-electron chi connectivity index (χ0n) is 17.4. The van der Waals surface area contributed by atoms with E-state index in [9.17, 15) is 18.9 Å². The van der Waals surface area contributed by atoms with Crippen LogP contribution in [0.3, 0.4) is 0 Å². The molecule has 0 radical (unpaired) electrons. The Morgan fingerprint density at radius 3 is 1.71 bits per heavy atom. The van der Waals surface area contributed by atoms with Gasteiger partial charge in [0.1, 0.15) is 6.10 Å². The summed E-state index contributed by atoms with van der Waals surface area (Å²) in [7, 11) is -9.19. The topological polar surface area (TPSA) is 309 Å². The molecule has 2 unspecified atom stereocenters. The first-order valence-corrected chi connectivity index (χ1v) is 11.6. The maximum atomic E-state index is 10.2. The number of Topliss-reactive ketones (excluding diaryl/α,β-unsaturated/α-hetero) is 1. The number of hydrogen-bond donors (Lipinski definition) is 11. The van der Waals surface area contributed by atoms with Gasteiger partial charge in [-0.15, -0.1) is 0 Å². The van der Waals surface area contributed by atoms with E-state index in [2.05, 4.69) is 9.84 Å². The minimum Gasteiger partial charge on any atom is -0.479 e. The van der Waals surface area contributed by atoms with Gasteiger partial charge < -0.3 is 60.1 Å². The molecule has 0 bridgehead atoms. The Bertz CT molecular complexity index is 785. The molecule has 2 atom stereocenters.